The Morgan fingerprint density at radius 1 is 1.17 bits per heavy atom. The number of anilines is 2. The Morgan fingerprint density at radius 2 is 1.88 bits per heavy atom. The van der Waals surface area contributed by atoms with Crippen LogP contribution >= 0.6 is 23.4 Å². The molecule has 2 aromatic carbocycles. The summed E-state index contributed by atoms with van der Waals surface area (Å²) in [7, 11) is 0. The maximum absolute atomic E-state index is 12.2. The summed E-state index contributed by atoms with van der Waals surface area (Å²) in [5.41, 5.74) is 7.52. The van der Waals surface area contributed by atoms with Crippen molar-refractivity contribution < 1.29 is 4.79 Å². The topological polar surface area (TPSA) is 85.8 Å². The van der Waals surface area contributed by atoms with Crippen molar-refractivity contribution in [3.63, 3.8) is 0 Å². The molecule has 1 heterocycles. The second-order valence-corrected chi connectivity index (χ2v) is 6.25. The molecule has 0 unspecified atom stereocenters. The van der Waals surface area contributed by atoms with E-state index in [-0.39, 0.29) is 5.95 Å². The van der Waals surface area contributed by atoms with Gasteiger partial charge in [-0.3, -0.25) is 0 Å². The molecule has 0 fully saturated rings. The van der Waals surface area contributed by atoms with Gasteiger partial charge in [0.25, 0.3) is 0 Å². The van der Waals surface area contributed by atoms with Gasteiger partial charge in [0.15, 0.2) is 0 Å². The molecular formula is C16H14ClN5OS. The predicted octanol–water partition coefficient (Wildman–Crippen LogP) is 3.89. The van der Waals surface area contributed by atoms with Crippen molar-refractivity contribution in [3.8, 4) is 0 Å². The number of halogens is 1. The molecule has 1 amide bonds. The highest BCUT2D eigenvalue weighted by molar-refractivity contribution is 7.98. The maximum Gasteiger partial charge on any atom is 0.349 e. The number of nitrogens with one attached hydrogen (secondary N) is 1. The third-order valence-corrected chi connectivity index (χ3v) is 4.27. The van der Waals surface area contributed by atoms with Crippen LogP contribution in [-0.4, -0.2) is 20.8 Å². The quantitative estimate of drug-likeness (QED) is 0.690. The molecule has 1 aromatic heterocycles. The Morgan fingerprint density at radius 3 is 2.58 bits per heavy atom. The van der Waals surface area contributed by atoms with E-state index in [9.17, 15) is 4.79 Å². The predicted molar refractivity (Wildman–Crippen MR) is 96.3 cm³/mol. The number of benzene rings is 2. The van der Waals surface area contributed by atoms with Gasteiger partial charge in [0.05, 0.1) is 0 Å². The SMILES string of the molecule is Nc1nc(SCc2ccccc2)nn1C(=O)Nc1ccc(Cl)cc1. The zero-order valence-corrected chi connectivity index (χ0v) is 14.1. The second kappa shape index (κ2) is 7.37. The lowest BCUT2D eigenvalue weighted by molar-refractivity contribution is 0.251. The molecule has 6 nitrogen and oxygen atoms in total. The third-order valence-electron chi connectivity index (χ3n) is 3.11. The molecule has 3 rings (SSSR count). The van der Waals surface area contributed by atoms with Gasteiger partial charge in [0.2, 0.25) is 11.1 Å². The van der Waals surface area contributed by atoms with E-state index in [1.807, 2.05) is 30.3 Å². The Labute approximate surface area is 148 Å². The summed E-state index contributed by atoms with van der Waals surface area (Å²) in [4.78, 5) is 16.3. The van der Waals surface area contributed by atoms with E-state index >= 15 is 0 Å². The van der Waals surface area contributed by atoms with E-state index in [1.54, 1.807) is 24.3 Å². The number of carbonyl (C=O) groups excluding carboxylic acids is 1. The Bertz CT molecular complexity index is 835. The fraction of sp³-hybridized carbons (Fsp3) is 0.0625. The number of amides is 1. The molecule has 24 heavy (non-hydrogen) atoms. The van der Waals surface area contributed by atoms with Crippen LogP contribution in [0.3, 0.4) is 0 Å². The van der Waals surface area contributed by atoms with E-state index in [0.29, 0.717) is 21.6 Å². The molecule has 0 spiro atoms. The normalized spacial score (nSPS) is 10.5. The van der Waals surface area contributed by atoms with Crippen molar-refractivity contribution in [1.82, 2.24) is 14.8 Å². The first-order valence-corrected chi connectivity index (χ1v) is 8.44. The molecule has 0 bridgehead atoms. The van der Waals surface area contributed by atoms with E-state index in [4.69, 9.17) is 17.3 Å². The lowest BCUT2D eigenvalue weighted by Crippen LogP contribution is -2.22. The minimum absolute atomic E-state index is 0.0389. The highest BCUT2D eigenvalue weighted by Gasteiger charge is 2.14. The first kappa shape index (κ1) is 16.4. The van der Waals surface area contributed by atoms with Crippen LogP contribution in [0.25, 0.3) is 0 Å². The summed E-state index contributed by atoms with van der Waals surface area (Å²) in [5, 5.41) is 7.87. The first-order valence-electron chi connectivity index (χ1n) is 7.08. The number of rotatable bonds is 4. The van der Waals surface area contributed by atoms with Gasteiger partial charge in [-0.05, 0) is 29.8 Å². The van der Waals surface area contributed by atoms with Gasteiger partial charge >= 0.3 is 6.03 Å². The van der Waals surface area contributed by atoms with Crippen molar-refractivity contribution in [3.05, 3.63) is 65.2 Å². The van der Waals surface area contributed by atoms with Crippen LogP contribution in [0.5, 0.6) is 0 Å². The molecular weight excluding hydrogens is 346 g/mol. The van der Waals surface area contributed by atoms with Crippen molar-refractivity contribution >= 4 is 41.0 Å². The van der Waals surface area contributed by atoms with E-state index in [2.05, 4.69) is 15.4 Å². The molecule has 0 aliphatic rings. The van der Waals surface area contributed by atoms with Crippen LogP contribution in [-0.2, 0) is 5.75 Å². The average molecular weight is 360 g/mol. The summed E-state index contributed by atoms with van der Waals surface area (Å²) < 4.78 is 1.04. The molecule has 3 N–H and O–H groups in total. The molecule has 8 heteroatoms. The van der Waals surface area contributed by atoms with Crippen molar-refractivity contribution in [1.29, 1.82) is 0 Å². The summed E-state index contributed by atoms with van der Waals surface area (Å²) in [5.74, 6) is 0.736. The first-order chi connectivity index (χ1) is 11.6. The minimum Gasteiger partial charge on any atom is -0.368 e. The van der Waals surface area contributed by atoms with Crippen LogP contribution in [0, 0.1) is 0 Å². The van der Waals surface area contributed by atoms with Gasteiger partial charge < -0.3 is 11.1 Å². The summed E-state index contributed by atoms with van der Waals surface area (Å²) in [6, 6.07) is 16.2. The van der Waals surface area contributed by atoms with Crippen molar-refractivity contribution in [2.24, 2.45) is 0 Å². The van der Waals surface area contributed by atoms with Gasteiger partial charge in [-0.25, -0.2) is 4.79 Å². The zero-order valence-electron chi connectivity index (χ0n) is 12.5. The highest BCUT2D eigenvalue weighted by Crippen LogP contribution is 2.20. The third kappa shape index (κ3) is 4.06. The fourth-order valence-electron chi connectivity index (χ4n) is 1.95. The van der Waals surface area contributed by atoms with Crippen LogP contribution in [0.1, 0.15) is 5.56 Å². The monoisotopic (exact) mass is 359 g/mol. The standard InChI is InChI=1S/C16H14ClN5OS/c17-12-6-8-13(9-7-12)19-16(23)22-14(18)20-15(21-22)24-10-11-4-2-1-3-5-11/h1-9H,10H2,(H,19,23)(H2,18,20,21). The number of hydrogen-bond donors (Lipinski definition) is 2. The van der Waals surface area contributed by atoms with Gasteiger partial charge in [0, 0.05) is 16.5 Å². The smallest absolute Gasteiger partial charge is 0.349 e. The van der Waals surface area contributed by atoms with E-state index in [1.165, 1.54) is 11.8 Å². The van der Waals surface area contributed by atoms with Crippen LogP contribution < -0.4 is 11.1 Å². The van der Waals surface area contributed by atoms with Gasteiger partial charge in [-0.1, -0.05) is 53.7 Å². The summed E-state index contributed by atoms with van der Waals surface area (Å²) >= 11 is 7.23. The number of nitrogens with zero attached hydrogens (tertiary/aromatic N) is 3. The number of aromatic nitrogens is 3. The molecule has 3 aromatic rings. The molecule has 0 saturated heterocycles. The number of carbonyl (C=O) groups is 1. The lowest BCUT2D eigenvalue weighted by Gasteiger charge is -2.05. The lowest BCUT2D eigenvalue weighted by atomic mass is 10.2. The molecule has 0 radical (unpaired) electrons. The van der Waals surface area contributed by atoms with E-state index < -0.39 is 6.03 Å². The second-order valence-electron chi connectivity index (χ2n) is 4.88. The molecule has 0 saturated carbocycles. The molecule has 122 valence electrons. The Balaban J connectivity index is 1.66. The molecule has 0 aliphatic carbocycles. The van der Waals surface area contributed by atoms with Crippen molar-refractivity contribution in [2.75, 3.05) is 11.1 Å². The molecule has 0 atom stereocenters. The minimum atomic E-state index is -0.478. The number of nitrogens with two attached hydrogens (primary N) is 1. The van der Waals surface area contributed by atoms with E-state index in [0.717, 1.165) is 10.2 Å². The van der Waals surface area contributed by atoms with Crippen molar-refractivity contribution in [2.45, 2.75) is 10.9 Å². The van der Waals surface area contributed by atoms with Crippen LogP contribution in [0.4, 0.5) is 16.4 Å². The largest absolute Gasteiger partial charge is 0.368 e. The maximum atomic E-state index is 12.2. The fourth-order valence-corrected chi connectivity index (χ4v) is 2.86. The Hall–Kier alpha value is -2.51. The average Bonchev–Trinajstić information content (AvgIpc) is 2.97. The van der Waals surface area contributed by atoms with Crippen LogP contribution in [0.15, 0.2) is 59.8 Å². The van der Waals surface area contributed by atoms with Gasteiger partial charge in [-0.2, -0.15) is 4.98 Å². The van der Waals surface area contributed by atoms with Gasteiger partial charge in [-0.15, -0.1) is 9.78 Å². The molecule has 0 aliphatic heterocycles. The summed E-state index contributed by atoms with van der Waals surface area (Å²) in [6.45, 7) is 0. The van der Waals surface area contributed by atoms with Gasteiger partial charge in [0.1, 0.15) is 0 Å². The Kier molecular flexibility index (Phi) is 5.02. The highest BCUT2D eigenvalue weighted by atomic mass is 35.5. The number of hydrogen-bond acceptors (Lipinski definition) is 5. The zero-order chi connectivity index (χ0) is 16.9. The number of nitrogen functional groups attached to an aromatic ring is 1. The summed E-state index contributed by atoms with van der Waals surface area (Å²) in [6.07, 6.45) is 0. The number of thioether (sulfide) groups is 1. The van der Waals surface area contributed by atoms with Crippen LogP contribution in [0.2, 0.25) is 5.02 Å².